The zero-order chi connectivity index (χ0) is 10.8. The minimum atomic E-state index is 1.02. The van der Waals surface area contributed by atoms with Gasteiger partial charge in [-0.1, -0.05) is 39.3 Å². The summed E-state index contributed by atoms with van der Waals surface area (Å²) >= 11 is 4.34. The van der Waals surface area contributed by atoms with Gasteiger partial charge in [-0.15, -0.1) is 12.6 Å². The zero-order valence-corrected chi connectivity index (χ0v) is 10.3. The van der Waals surface area contributed by atoms with Gasteiger partial charge in [-0.2, -0.15) is 0 Å². The summed E-state index contributed by atoms with van der Waals surface area (Å²) in [4.78, 5) is 1.02. The summed E-state index contributed by atoms with van der Waals surface area (Å²) in [5.41, 5.74) is 1.13. The summed E-state index contributed by atoms with van der Waals surface area (Å²) < 4.78 is 0. The van der Waals surface area contributed by atoms with Crippen LogP contribution in [0.25, 0.3) is 0 Å². The molecular formula is C12H21NS. The fourth-order valence-electron chi connectivity index (χ4n) is 1.02. The number of unbranched alkanes of at least 4 members (excludes halogenated alkanes) is 1. The van der Waals surface area contributed by atoms with Gasteiger partial charge >= 0.3 is 0 Å². The van der Waals surface area contributed by atoms with Crippen LogP contribution in [0.2, 0.25) is 0 Å². The number of benzene rings is 1. The van der Waals surface area contributed by atoms with Crippen molar-refractivity contribution in [1.82, 2.24) is 0 Å². The van der Waals surface area contributed by atoms with Crippen molar-refractivity contribution in [2.24, 2.45) is 0 Å². The van der Waals surface area contributed by atoms with Gasteiger partial charge in [-0.05, 0) is 18.6 Å². The van der Waals surface area contributed by atoms with Gasteiger partial charge in [0.1, 0.15) is 0 Å². The lowest BCUT2D eigenvalue weighted by molar-refractivity contribution is 0.832. The van der Waals surface area contributed by atoms with Gasteiger partial charge in [-0.3, -0.25) is 0 Å². The first-order chi connectivity index (χ1) is 6.84. The summed E-state index contributed by atoms with van der Waals surface area (Å²) in [5, 5.41) is 3.34. The highest BCUT2D eigenvalue weighted by Crippen LogP contribution is 2.18. The molecule has 80 valence electrons. The first kappa shape index (κ1) is 13.4. The molecular weight excluding hydrogens is 190 g/mol. The molecule has 0 aromatic heterocycles. The van der Waals surface area contributed by atoms with E-state index in [-0.39, 0.29) is 0 Å². The lowest BCUT2D eigenvalue weighted by Crippen LogP contribution is -2.00. The highest BCUT2D eigenvalue weighted by molar-refractivity contribution is 7.80. The molecule has 1 aromatic rings. The van der Waals surface area contributed by atoms with Gasteiger partial charge in [0.2, 0.25) is 0 Å². The van der Waals surface area contributed by atoms with Crippen molar-refractivity contribution in [3.8, 4) is 0 Å². The van der Waals surface area contributed by atoms with E-state index in [9.17, 15) is 0 Å². The van der Waals surface area contributed by atoms with E-state index in [1.54, 1.807) is 0 Å². The molecule has 0 aliphatic rings. The quantitative estimate of drug-likeness (QED) is 0.561. The van der Waals surface area contributed by atoms with Crippen molar-refractivity contribution >= 4 is 18.3 Å². The molecule has 0 spiro atoms. The molecule has 1 N–H and O–H groups in total. The largest absolute Gasteiger partial charge is 0.384 e. The summed E-state index contributed by atoms with van der Waals surface area (Å²) in [5.74, 6) is 0. The normalized spacial score (nSPS) is 8.86. The fourth-order valence-corrected chi connectivity index (χ4v) is 1.26. The zero-order valence-electron chi connectivity index (χ0n) is 9.38. The summed E-state index contributed by atoms with van der Waals surface area (Å²) in [6, 6.07) is 8.07. The highest BCUT2D eigenvalue weighted by Gasteiger charge is 1.94. The van der Waals surface area contributed by atoms with Crippen LogP contribution in [0.5, 0.6) is 0 Å². The van der Waals surface area contributed by atoms with Gasteiger partial charge < -0.3 is 5.32 Å². The predicted molar refractivity (Wildman–Crippen MR) is 68.4 cm³/mol. The van der Waals surface area contributed by atoms with Crippen LogP contribution >= 0.6 is 12.6 Å². The molecule has 0 fully saturated rings. The first-order valence-corrected chi connectivity index (χ1v) is 5.81. The number of anilines is 1. The number of para-hydroxylation sites is 1. The van der Waals surface area contributed by atoms with E-state index in [4.69, 9.17) is 0 Å². The smallest absolute Gasteiger partial charge is 0.0475 e. The van der Waals surface area contributed by atoms with Gasteiger partial charge in [0.25, 0.3) is 0 Å². The highest BCUT2D eigenvalue weighted by atomic mass is 32.1. The summed E-state index contributed by atoms with van der Waals surface area (Å²) in [7, 11) is 0. The van der Waals surface area contributed by atoms with Crippen molar-refractivity contribution in [1.29, 1.82) is 0 Å². The Hall–Kier alpha value is -0.630. The second-order valence-electron chi connectivity index (χ2n) is 2.80. The van der Waals surface area contributed by atoms with Crippen LogP contribution in [0.3, 0.4) is 0 Å². The monoisotopic (exact) mass is 211 g/mol. The number of hydrogen-bond donors (Lipinski definition) is 2. The summed E-state index contributed by atoms with van der Waals surface area (Å²) in [6.07, 6.45) is 2.43. The maximum absolute atomic E-state index is 4.34. The molecule has 1 aromatic carbocycles. The molecule has 0 unspecified atom stereocenters. The molecule has 0 atom stereocenters. The van der Waals surface area contributed by atoms with Crippen molar-refractivity contribution in [3.05, 3.63) is 24.3 Å². The van der Waals surface area contributed by atoms with Crippen molar-refractivity contribution < 1.29 is 0 Å². The van der Waals surface area contributed by atoms with E-state index in [0.29, 0.717) is 0 Å². The number of hydrogen-bond acceptors (Lipinski definition) is 2. The molecule has 0 aliphatic carbocycles. The van der Waals surface area contributed by atoms with Crippen LogP contribution in [0, 0.1) is 0 Å². The molecule has 0 saturated heterocycles. The third-order valence-electron chi connectivity index (χ3n) is 1.75. The van der Waals surface area contributed by atoms with Gasteiger partial charge in [0, 0.05) is 17.1 Å². The van der Waals surface area contributed by atoms with E-state index in [0.717, 1.165) is 17.1 Å². The van der Waals surface area contributed by atoms with E-state index < -0.39 is 0 Å². The average molecular weight is 211 g/mol. The SMILES string of the molecule is CC.CCCCNc1ccccc1S. The van der Waals surface area contributed by atoms with Crippen molar-refractivity contribution in [2.45, 2.75) is 38.5 Å². The lowest BCUT2D eigenvalue weighted by atomic mass is 10.3. The minimum absolute atomic E-state index is 1.02. The van der Waals surface area contributed by atoms with Crippen molar-refractivity contribution in [2.75, 3.05) is 11.9 Å². The Morgan fingerprint density at radius 2 is 1.86 bits per heavy atom. The minimum Gasteiger partial charge on any atom is -0.384 e. The van der Waals surface area contributed by atoms with Gasteiger partial charge in [0.05, 0.1) is 0 Å². The Morgan fingerprint density at radius 3 is 2.43 bits per heavy atom. The molecule has 0 bridgehead atoms. The molecule has 0 saturated carbocycles. The van der Waals surface area contributed by atoms with Crippen LogP contribution in [0.1, 0.15) is 33.6 Å². The standard InChI is InChI=1S/C10H15NS.C2H6/c1-2-3-8-11-9-6-4-5-7-10(9)12;1-2/h4-7,11-12H,2-3,8H2,1H3;1-2H3. The second kappa shape index (κ2) is 8.95. The average Bonchev–Trinajstić information content (AvgIpc) is 2.24. The van der Waals surface area contributed by atoms with E-state index >= 15 is 0 Å². The molecule has 0 aliphatic heterocycles. The Labute approximate surface area is 93.3 Å². The van der Waals surface area contributed by atoms with E-state index in [1.165, 1.54) is 12.8 Å². The maximum atomic E-state index is 4.34. The van der Waals surface area contributed by atoms with Crippen LogP contribution in [-0.4, -0.2) is 6.54 Å². The van der Waals surface area contributed by atoms with E-state index in [2.05, 4.69) is 30.9 Å². The molecule has 0 amide bonds. The second-order valence-corrected chi connectivity index (χ2v) is 3.28. The Balaban J connectivity index is 0.000000791. The molecule has 1 rings (SSSR count). The van der Waals surface area contributed by atoms with Gasteiger partial charge in [0.15, 0.2) is 0 Å². The lowest BCUT2D eigenvalue weighted by Gasteiger charge is -2.06. The Bertz CT molecular complexity index is 236. The number of rotatable bonds is 4. The third kappa shape index (κ3) is 5.18. The molecule has 1 nitrogen and oxygen atoms in total. The Morgan fingerprint density at radius 1 is 1.21 bits per heavy atom. The predicted octanol–water partition coefficient (Wildman–Crippen LogP) is 4.21. The van der Waals surface area contributed by atoms with Crippen LogP contribution < -0.4 is 5.32 Å². The molecule has 0 radical (unpaired) electrons. The van der Waals surface area contributed by atoms with Crippen molar-refractivity contribution in [3.63, 3.8) is 0 Å². The van der Waals surface area contributed by atoms with Crippen LogP contribution in [-0.2, 0) is 0 Å². The summed E-state index contributed by atoms with van der Waals surface area (Å²) in [6.45, 7) is 7.22. The van der Waals surface area contributed by atoms with Gasteiger partial charge in [-0.25, -0.2) is 0 Å². The number of thiol groups is 1. The molecule has 2 heteroatoms. The fraction of sp³-hybridized carbons (Fsp3) is 0.500. The maximum Gasteiger partial charge on any atom is 0.0475 e. The Kier molecular flexibility index (Phi) is 8.54. The first-order valence-electron chi connectivity index (χ1n) is 5.36. The third-order valence-corrected chi connectivity index (χ3v) is 2.14. The van der Waals surface area contributed by atoms with Crippen LogP contribution in [0.15, 0.2) is 29.2 Å². The van der Waals surface area contributed by atoms with Crippen LogP contribution in [0.4, 0.5) is 5.69 Å². The number of nitrogens with one attached hydrogen (secondary N) is 1. The topological polar surface area (TPSA) is 12.0 Å². The molecule has 0 heterocycles. The van der Waals surface area contributed by atoms with E-state index in [1.807, 2.05) is 32.0 Å². The molecule has 14 heavy (non-hydrogen) atoms.